The largest absolute Gasteiger partial charge is 0.485 e. The number of furan rings is 1. The summed E-state index contributed by atoms with van der Waals surface area (Å²) in [6.07, 6.45) is 5.63. The minimum Gasteiger partial charge on any atom is -0.485 e. The lowest BCUT2D eigenvalue weighted by atomic mass is 9.81. The Kier molecular flexibility index (Phi) is 8.22. The van der Waals surface area contributed by atoms with Crippen LogP contribution in [-0.2, 0) is 0 Å². The highest BCUT2D eigenvalue weighted by molar-refractivity contribution is 6.13. The summed E-state index contributed by atoms with van der Waals surface area (Å²) in [5.74, 6) is 2.71. The minimum atomic E-state index is -0.200. The molecule has 256 valence electrons. The van der Waals surface area contributed by atoms with Crippen LogP contribution in [-0.4, -0.2) is 21.5 Å². The van der Waals surface area contributed by atoms with Crippen LogP contribution >= 0.6 is 0 Å². The molecule has 0 amide bonds. The molecule has 2 N–H and O–H groups in total. The topological polar surface area (TPSA) is 87.1 Å². The average Bonchev–Trinajstić information content (AvgIpc) is 3.60. The molecule has 0 bridgehead atoms. The molecule has 8 aromatic rings. The molecule has 9 rings (SSSR count). The van der Waals surface area contributed by atoms with E-state index in [1.54, 1.807) is 0 Å². The van der Waals surface area contributed by atoms with E-state index in [1.807, 2.05) is 79.7 Å². The lowest BCUT2D eigenvalue weighted by Gasteiger charge is -2.31. The molecule has 0 radical (unpaired) electrons. The summed E-state index contributed by atoms with van der Waals surface area (Å²) < 4.78 is 13.0. The SMILES string of the molecule is C/C(=C\C=C/CN)c1nc(-c2ccccc2)nc(-c2cccc(-c3ccc(-c4cccc5oc6ccccc6c45)c4c3-c3ccccc3O[C@H]4C)c2)n1. The number of aromatic nitrogens is 3. The second-order valence-electron chi connectivity index (χ2n) is 13.2. The van der Waals surface area contributed by atoms with Crippen LogP contribution in [0, 0.1) is 0 Å². The van der Waals surface area contributed by atoms with Gasteiger partial charge in [-0.3, -0.25) is 0 Å². The van der Waals surface area contributed by atoms with Crippen molar-refractivity contribution < 1.29 is 9.15 Å². The van der Waals surface area contributed by atoms with Crippen LogP contribution in [0.2, 0.25) is 0 Å². The van der Waals surface area contributed by atoms with E-state index in [1.165, 1.54) is 0 Å². The van der Waals surface area contributed by atoms with Crippen LogP contribution in [0.25, 0.3) is 83.7 Å². The van der Waals surface area contributed by atoms with E-state index < -0.39 is 0 Å². The summed E-state index contributed by atoms with van der Waals surface area (Å²) in [4.78, 5) is 14.9. The molecule has 0 saturated heterocycles. The van der Waals surface area contributed by atoms with Crippen LogP contribution in [0.15, 0.2) is 156 Å². The number of para-hydroxylation sites is 2. The van der Waals surface area contributed by atoms with Crippen molar-refractivity contribution in [3.05, 3.63) is 163 Å². The first-order chi connectivity index (χ1) is 26.1. The van der Waals surface area contributed by atoms with Crippen molar-refractivity contribution in [2.24, 2.45) is 5.73 Å². The Hall–Kier alpha value is -6.63. The molecule has 1 aliphatic rings. The first-order valence-corrected chi connectivity index (χ1v) is 17.9. The van der Waals surface area contributed by atoms with Crippen LogP contribution in [0.1, 0.15) is 31.3 Å². The third-order valence-electron chi connectivity index (χ3n) is 9.88. The van der Waals surface area contributed by atoms with Gasteiger partial charge >= 0.3 is 0 Å². The number of allylic oxidation sites excluding steroid dienone is 3. The van der Waals surface area contributed by atoms with E-state index in [-0.39, 0.29) is 6.10 Å². The molecule has 0 fully saturated rings. The van der Waals surface area contributed by atoms with E-state index in [0.717, 1.165) is 83.3 Å². The summed E-state index contributed by atoms with van der Waals surface area (Å²) in [5, 5.41) is 2.20. The third kappa shape index (κ3) is 5.79. The quantitative estimate of drug-likeness (QED) is 0.168. The van der Waals surface area contributed by atoms with Gasteiger partial charge in [0.25, 0.3) is 0 Å². The molecule has 6 heteroatoms. The summed E-state index contributed by atoms with van der Waals surface area (Å²) in [6.45, 7) is 4.61. The zero-order valence-electron chi connectivity index (χ0n) is 29.5. The highest BCUT2D eigenvalue weighted by Gasteiger charge is 2.30. The molecule has 0 aliphatic carbocycles. The summed E-state index contributed by atoms with van der Waals surface area (Å²) in [6, 6.07) is 45.9. The fourth-order valence-corrected chi connectivity index (χ4v) is 7.42. The Morgan fingerprint density at radius 3 is 2.21 bits per heavy atom. The van der Waals surface area contributed by atoms with Crippen molar-refractivity contribution in [2.45, 2.75) is 20.0 Å². The number of fused-ring (bicyclic) bond motifs is 6. The highest BCUT2D eigenvalue weighted by atomic mass is 16.5. The maximum atomic E-state index is 6.64. The van der Waals surface area contributed by atoms with E-state index >= 15 is 0 Å². The number of hydrogen-bond donors (Lipinski definition) is 1. The molecular formula is C47H36N4O2. The smallest absolute Gasteiger partial charge is 0.164 e. The molecule has 0 saturated carbocycles. The van der Waals surface area contributed by atoms with Gasteiger partial charge in [0.1, 0.15) is 23.0 Å². The Balaban J connectivity index is 1.24. The number of benzene rings is 6. The van der Waals surface area contributed by atoms with Gasteiger partial charge in [-0.05, 0) is 65.9 Å². The Labute approximate surface area is 308 Å². The Morgan fingerprint density at radius 1 is 0.660 bits per heavy atom. The maximum absolute atomic E-state index is 6.64. The summed E-state index contributed by atoms with van der Waals surface area (Å²) in [5.41, 5.74) is 18.0. The van der Waals surface area contributed by atoms with Gasteiger partial charge in [0, 0.05) is 45.1 Å². The van der Waals surface area contributed by atoms with Crippen molar-refractivity contribution in [1.82, 2.24) is 15.0 Å². The van der Waals surface area contributed by atoms with E-state index in [4.69, 9.17) is 29.8 Å². The number of hydrogen-bond acceptors (Lipinski definition) is 6. The fourth-order valence-electron chi connectivity index (χ4n) is 7.42. The highest BCUT2D eigenvalue weighted by Crippen LogP contribution is 2.51. The third-order valence-corrected chi connectivity index (χ3v) is 9.88. The Morgan fingerprint density at radius 2 is 1.34 bits per heavy atom. The molecule has 1 aliphatic heterocycles. The van der Waals surface area contributed by atoms with Gasteiger partial charge in [-0.1, -0.05) is 127 Å². The first-order valence-electron chi connectivity index (χ1n) is 17.9. The van der Waals surface area contributed by atoms with Crippen LogP contribution in [0.5, 0.6) is 5.75 Å². The molecule has 0 unspecified atom stereocenters. The second kappa shape index (κ2) is 13.5. The summed E-state index contributed by atoms with van der Waals surface area (Å²) >= 11 is 0. The molecule has 6 aromatic carbocycles. The van der Waals surface area contributed by atoms with E-state index in [9.17, 15) is 0 Å². The van der Waals surface area contributed by atoms with Gasteiger partial charge in [-0.25, -0.2) is 15.0 Å². The predicted molar refractivity (Wildman–Crippen MR) is 215 cm³/mol. The van der Waals surface area contributed by atoms with Crippen LogP contribution in [0.4, 0.5) is 0 Å². The van der Waals surface area contributed by atoms with Crippen molar-refractivity contribution in [3.8, 4) is 61.9 Å². The Bertz CT molecular complexity index is 2730. The maximum Gasteiger partial charge on any atom is 0.164 e. The van der Waals surface area contributed by atoms with Crippen molar-refractivity contribution in [3.63, 3.8) is 0 Å². The molecule has 6 nitrogen and oxygen atoms in total. The zero-order valence-corrected chi connectivity index (χ0v) is 29.5. The molecule has 53 heavy (non-hydrogen) atoms. The van der Waals surface area contributed by atoms with Gasteiger partial charge in [-0.15, -0.1) is 0 Å². The van der Waals surface area contributed by atoms with E-state index in [0.29, 0.717) is 24.0 Å². The normalized spacial score (nSPS) is 14.0. The monoisotopic (exact) mass is 688 g/mol. The first kappa shape index (κ1) is 32.3. The molecule has 3 heterocycles. The predicted octanol–water partition coefficient (Wildman–Crippen LogP) is 11.5. The van der Waals surface area contributed by atoms with Crippen LogP contribution < -0.4 is 10.5 Å². The van der Waals surface area contributed by atoms with Crippen molar-refractivity contribution >= 4 is 27.5 Å². The lowest BCUT2D eigenvalue weighted by Crippen LogP contribution is -2.13. The number of nitrogens with zero attached hydrogens (tertiary/aromatic N) is 3. The van der Waals surface area contributed by atoms with E-state index in [2.05, 4.69) is 85.8 Å². The number of ether oxygens (including phenoxy) is 1. The van der Waals surface area contributed by atoms with Gasteiger partial charge in [0.15, 0.2) is 17.5 Å². The molecule has 1 atom stereocenters. The van der Waals surface area contributed by atoms with Crippen LogP contribution in [0.3, 0.4) is 0 Å². The second-order valence-corrected chi connectivity index (χ2v) is 13.2. The number of rotatable bonds is 7. The average molecular weight is 689 g/mol. The van der Waals surface area contributed by atoms with Crippen molar-refractivity contribution in [2.75, 3.05) is 6.54 Å². The van der Waals surface area contributed by atoms with Gasteiger partial charge in [0.05, 0.1) is 0 Å². The lowest BCUT2D eigenvalue weighted by molar-refractivity contribution is 0.224. The molecular weight excluding hydrogens is 653 g/mol. The molecule has 2 aromatic heterocycles. The molecule has 0 spiro atoms. The van der Waals surface area contributed by atoms with Gasteiger partial charge in [-0.2, -0.15) is 0 Å². The summed E-state index contributed by atoms with van der Waals surface area (Å²) in [7, 11) is 0. The zero-order chi connectivity index (χ0) is 35.9. The number of nitrogens with two attached hydrogens (primary N) is 1. The van der Waals surface area contributed by atoms with Gasteiger partial charge in [0.2, 0.25) is 0 Å². The fraction of sp³-hybridized carbons (Fsp3) is 0.0851. The van der Waals surface area contributed by atoms with Crippen molar-refractivity contribution in [1.29, 1.82) is 0 Å². The van der Waals surface area contributed by atoms with Gasteiger partial charge < -0.3 is 14.9 Å². The standard InChI is InChI=1S/C47H36N4O2/c1-29(14-10-11-27-48)45-49-46(31-15-4-3-5-16-31)51-47(50-45)33-18-12-17-32(28-33)34-25-26-36(42-30(2)52-39-22-8-7-20-38(39)44(34)42)35-21-13-24-41-43(35)37-19-6-9-23-40(37)53-41/h3-26,28,30H,27,48H2,1-2H3/b11-10-,29-14+/t30-/m0/s1. The minimum absolute atomic E-state index is 0.200.